The van der Waals surface area contributed by atoms with E-state index in [4.69, 9.17) is 14.9 Å². The lowest BCUT2D eigenvalue weighted by atomic mass is 10.1. The van der Waals surface area contributed by atoms with Crippen LogP contribution < -0.4 is 9.47 Å². The summed E-state index contributed by atoms with van der Waals surface area (Å²) in [4.78, 5) is 18.7. The number of fused-ring (bicyclic) bond motifs is 1. The molecule has 7 heteroatoms. The van der Waals surface area contributed by atoms with Crippen LogP contribution in [-0.2, 0) is 11.2 Å². The number of nitrogens with one attached hydrogen (secondary N) is 1. The molecule has 0 fully saturated rings. The number of thioether (sulfide) groups is 1. The fourth-order valence-corrected chi connectivity index (χ4v) is 4.91. The van der Waals surface area contributed by atoms with Gasteiger partial charge < -0.3 is 9.47 Å². The van der Waals surface area contributed by atoms with Gasteiger partial charge in [0.15, 0.2) is 5.17 Å². The molecule has 0 unspecified atom stereocenters. The zero-order valence-electron chi connectivity index (χ0n) is 20.1. The Morgan fingerprint density at radius 2 is 1.68 bits per heavy atom. The molecule has 2 aliphatic rings. The van der Waals surface area contributed by atoms with Gasteiger partial charge in [0.05, 0.1) is 11.3 Å². The Morgan fingerprint density at radius 3 is 2.46 bits per heavy atom. The molecule has 5 rings (SSSR count). The number of amidine groups is 2. The standard InChI is InChI=1S/C30H25N3O3S/c1-2-8-23-11-6-7-12-27(23)36-18-17-35-24-15-13-21(14-16-24)19-25-28(31)33-26(22-9-4-3-5-10-22)20-37-30(33)32-29(25)34/h2-7,9-16,19-20,31H,1,8,17-18H2. The summed E-state index contributed by atoms with van der Waals surface area (Å²) < 4.78 is 11.7. The lowest BCUT2D eigenvalue weighted by Crippen LogP contribution is -2.38. The van der Waals surface area contributed by atoms with Crippen molar-refractivity contribution in [2.45, 2.75) is 6.42 Å². The second-order valence-corrected chi connectivity index (χ2v) is 9.13. The molecule has 0 spiro atoms. The number of benzene rings is 3. The van der Waals surface area contributed by atoms with Gasteiger partial charge in [0.1, 0.15) is 30.5 Å². The topological polar surface area (TPSA) is 75.0 Å². The molecule has 2 heterocycles. The molecule has 184 valence electrons. The zero-order chi connectivity index (χ0) is 25.6. The summed E-state index contributed by atoms with van der Waals surface area (Å²) in [7, 11) is 0. The minimum absolute atomic E-state index is 0.115. The maximum Gasteiger partial charge on any atom is 0.283 e. The number of amides is 1. The van der Waals surface area contributed by atoms with Crippen LogP contribution in [0.1, 0.15) is 16.7 Å². The Hall–Kier alpha value is -4.36. The van der Waals surface area contributed by atoms with E-state index >= 15 is 0 Å². The number of nitrogens with zero attached hydrogens (tertiary/aromatic N) is 2. The molecule has 3 aromatic carbocycles. The largest absolute Gasteiger partial charge is 0.490 e. The second-order valence-electron chi connectivity index (χ2n) is 8.30. The van der Waals surface area contributed by atoms with Crippen LogP contribution in [0.3, 0.4) is 0 Å². The van der Waals surface area contributed by atoms with Gasteiger partial charge in [-0.2, -0.15) is 4.99 Å². The van der Waals surface area contributed by atoms with Crippen molar-refractivity contribution in [1.82, 2.24) is 4.90 Å². The molecule has 0 saturated heterocycles. The fraction of sp³-hybridized carbons (Fsp3) is 0.100. The summed E-state index contributed by atoms with van der Waals surface area (Å²) in [5.74, 6) is 1.23. The lowest BCUT2D eigenvalue weighted by Gasteiger charge is -2.26. The van der Waals surface area contributed by atoms with Crippen LogP contribution in [0.5, 0.6) is 11.5 Å². The Balaban J connectivity index is 1.22. The minimum atomic E-state index is -0.416. The molecule has 0 saturated carbocycles. The highest BCUT2D eigenvalue weighted by Gasteiger charge is 2.36. The summed E-state index contributed by atoms with van der Waals surface area (Å²) >= 11 is 1.35. The summed E-state index contributed by atoms with van der Waals surface area (Å²) in [5.41, 5.74) is 3.92. The summed E-state index contributed by atoms with van der Waals surface area (Å²) in [6.07, 6.45) is 4.30. The van der Waals surface area contributed by atoms with Crippen LogP contribution in [0.4, 0.5) is 0 Å². The Bertz CT molecular complexity index is 1430. The molecule has 0 atom stereocenters. The van der Waals surface area contributed by atoms with Gasteiger partial charge in [0.2, 0.25) is 0 Å². The van der Waals surface area contributed by atoms with Gasteiger partial charge >= 0.3 is 0 Å². The average Bonchev–Trinajstić information content (AvgIpc) is 3.35. The van der Waals surface area contributed by atoms with Crippen molar-refractivity contribution in [2.75, 3.05) is 13.2 Å². The fourth-order valence-electron chi connectivity index (χ4n) is 4.02. The molecule has 1 amide bonds. The number of aliphatic imine (C=N–C) groups is 1. The maximum absolute atomic E-state index is 12.7. The second kappa shape index (κ2) is 11.1. The molecule has 2 aliphatic heterocycles. The highest BCUT2D eigenvalue weighted by atomic mass is 32.2. The third-order valence-electron chi connectivity index (χ3n) is 5.82. The Kier molecular flexibility index (Phi) is 7.33. The van der Waals surface area contributed by atoms with Gasteiger partial charge in [0.25, 0.3) is 5.91 Å². The van der Waals surface area contributed by atoms with Crippen LogP contribution in [0.25, 0.3) is 11.8 Å². The molecule has 0 aromatic heterocycles. The van der Waals surface area contributed by atoms with E-state index in [2.05, 4.69) is 11.6 Å². The van der Waals surface area contributed by atoms with E-state index in [9.17, 15) is 4.79 Å². The molecule has 6 nitrogen and oxygen atoms in total. The first kappa shape index (κ1) is 24.3. The van der Waals surface area contributed by atoms with Gasteiger partial charge in [0, 0.05) is 5.41 Å². The molecule has 37 heavy (non-hydrogen) atoms. The number of allylic oxidation sites excluding steroid dienone is 1. The first-order valence-corrected chi connectivity index (χ1v) is 12.7. The molecule has 1 N–H and O–H groups in total. The molecular weight excluding hydrogens is 482 g/mol. The predicted octanol–water partition coefficient (Wildman–Crippen LogP) is 6.18. The predicted molar refractivity (Wildman–Crippen MR) is 150 cm³/mol. The highest BCUT2D eigenvalue weighted by Crippen LogP contribution is 2.37. The quantitative estimate of drug-likeness (QED) is 0.213. The number of rotatable bonds is 9. The van der Waals surface area contributed by atoms with Crippen LogP contribution in [-0.4, -0.2) is 35.0 Å². The van der Waals surface area contributed by atoms with Crippen molar-refractivity contribution in [3.05, 3.63) is 119 Å². The molecule has 0 aliphatic carbocycles. The van der Waals surface area contributed by atoms with Gasteiger partial charge in [-0.15, -0.1) is 6.58 Å². The SMILES string of the molecule is C=CCc1ccccc1OCCOc1ccc(C=C2C(=N)N3C(c4ccccc4)=CSC3=NC2=O)cc1. The number of para-hydroxylation sites is 1. The number of hydrogen-bond acceptors (Lipinski definition) is 5. The van der Waals surface area contributed by atoms with E-state index in [0.29, 0.717) is 24.1 Å². The van der Waals surface area contributed by atoms with Crippen molar-refractivity contribution in [3.8, 4) is 11.5 Å². The summed E-state index contributed by atoms with van der Waals surface area (Å²) in [5, 5.41) is 11.2. The lowest BCUT2D eigenvalue weighted by molar-refractivity contribution is -0.114. The monoisotopic (exact) mass is 507 g/mol. The van der Waals surface area contributed by atoms with Crippen molar-refractivity contribution in [1.29, 1.82) is 5.41 Å². The van der Waals surface area contributed by atoms with Crippen LogP contribution >= 0.6 is 11.8 Å². The van der Waals surface area contributed by atoms with E-state index in [0.717, 1.165) is 34.6 Å². The Labute approximate surface area is 220 Å². The number of carbonyl (C=O) groups is 1. The summed E-state index contributed by atoms with van der Waals surface area (Å²) in [6, 6.07) is 25.1. The van der Waals surface area contributed by atoms with E-state index < -0.39 is 5.91 Å². The van der Waals surface area contributed by atoms with Crippen molar-refractivity contribution in [3.63, 3.8) is 0 Å². The van der Waals surface area contributed by atoms with Crippen LogP contribution in [0.15, 0.2) is 107 Å². The van der Waals surface area contributed by atoms with Gasteiger partial charge in [-0.1, -0.05) is 78.5 Å². The first-order chi connectivity index (χ1) is 18.1. The minimum Gasteiger partial charge on any atom is -0.490 e. The molecule has 0 bridgehead atoms. The molecule has 3 aromatic rings. The van der Waals surface area contributed by atoms with E-state index in [1.807, 2.05) is 90.3 Å². The first-order valence-electron chi connectivity index (χ1n) is 11.8. The number of carbonyl (C=O) groups excluding carboxylic acids is 1. The average molecular weight is 508 g/mol. The number of ether oxygens (including phenoxy) is 2. The van der Waals surface area contributed by atoms with E-state index in [1.165, 1.54) is 11.8 Å². The van der Waals surface area contributed by atoms with Gasteiger partial charge in [-0.05, 0) is 47.4 Å². The van der Waals surface area contributed by atoms with Crippen molar-refractivity contribution >= 4 is 40.4 Å². The van der Waals surface area contributed by atoms with Crippen molar-refractivity contribution < 1.29 is 14.3 Å². The van der Waals surface area contributed by atoms with Gasteiger partial charge in [-0.25, -0.2) is 0 Å². The third-order valence-corrected chi connectivity index (χ3v) is 6.65. The van der Waals surface area contributed by atoms with E-state index in [-0.39, 0.29) is 11.4 Å². The third kappa shape index (κ3) is 5.42. The molecular formula is C30H25N3O3S. The molecule has 0 radical (unpaired) electrons. The maximum atomic E-state index is 12.7. The normalized spacial score (nSPS) is 15.8. The van der Waals surface area contributed by atoms with Crippen molar-refractivity contribution in [2.24, 2.45) is 4.99 Å². The highest BCUT2D eigenvalue weighted by molar-refractivity contribution is 8.17. The van der Waals surface area contributed by atoms with Crippen LogP contribution in [0, 0.1) is 5.41 Å². The summed E-state index contributed by atoms with van der Waals surface area (Å²) in [6.45, 7) is 4.60. The Morgan fingerprint density at radius 1 is 0.946 bits per heavy atom. The zero-order valence-corrected chi connectivity index (χ0v) is 20.9. The smallest absolute Gasteiger partial charge is 0.283 e. The van der Waals surface area contributed by atoms with E-state index in [1.54, 1.807) is 11.0 Å². The van der Waals surface area contributed by atoms with Crippen LogP contribution in [0.2, 0.25) is 0 Å². The number of hydrogen-bond donors (Lipinski definition) is 1. The van der Waals surface area contributed by atoms with Gasteiger partial charge in [-0.3, -0.25) is 15.1 Å².